The van der Waals surface area contributed by atoms with Gasteiger partial charge in [-0.1, -0.05) is 25.1 Å². The second kappa shape index (κ2) is 8.55. The third kappa shape index (κ3) is 4.51. The van der Waals surface area contributed by atoms with E-state index in [-0.39, 0.29) is 18.4 Å². The number of amides is 1. The Kier molecular flexibility index (Phi) is 7.04. The SMILES string of the molecule is COc1ccccc1CN(CCO)C(=O)C(C)CCN. The maximum absolute atomic E-state index is 12.3. The van der Waals surface area contributed by atoms with Gasteiger partial charge in [-0.2, -0.15) is 0 Å². The monoisotopic (exact) mass is 280 g/mol. The highest BCUT2D eigenvalue weighted by molar-refractivity contribution is 5.78. The fraction of sp³-hybridized carbons (Fsp3) is 0.533. The van der Waals surface area contributed by atoms with Gasteiger partial charge in [-0.15, -0.1) is 0 Å². The molecular weight excluding hydrogens is 256 g/mol. The maximum atomic E-state index is 12.3. The van der Waals surface area contributed by atoms with Crippen LogP contribution in [0.4, 0.5) is 0 Å². The summed E-state index contributed by atoms with van der Waals surface area (Å²) in [6, 6.07) is 7.57. The minimum atomic E-state index is -0.138. The highest BCUT2D eigenvalue weighted by Gasteiger charge is 2.20. The topological polar surface area (TPSA) is 75.8 Å². The Bertz CT molecular complexity index is 423. The van der Waals surface area contributed by atoms with Gasteiger partial charge in [-0.05, 0) is 19.0 Å². The number of aliphatic hydroxyl groups is 1. The van der Waals surface area contributed by atoms with Crippen LogP contribution in [-0.4, -0.2) is 42.7 Å². The molecule has 0 fully saturated rings. The Labute approximate surface area is 120 Å². The lowest BCUT2D eigenvalue weighted by molar-refractivity contribution is -0.136. The van der Waals surface area contributed by atoms with Crippen molar-refractivity contribution in [1.29, 1.82) is 0 Å². The van der Waals surface area contributed by atoms with Gasteiger partial charge in [-0.25, -0.2) is 0 Å². The van der Waals surface area contributed by atoms with Gasteiger partial charge < -0.3 is 20.5 Å². The number of hydrogen-bond donors (Lipinski definition) is 2. The normalized spacial score (nSPS) is 12.0. The summed E-state index contributed by atoms with van der Waals surface area (Å²) in [5, 5.41) is 9.15. The Morgan fingerprint density at radius 2 is 2.15 bits per heavy atom. The van der Waals surface area contributed by atoms with Crippen molar-refractivity contribution in [3.8, 4) is 5.75 Å². The molecular formula is C15H24N2O3. The number of rotatable bonds is 8. The molecule has 0 aliphatic carbocycles. The van der Waals surface area contributed by atoms with Gasteiger partial charge in [-0.3, -0.25) is 4.79 Å². The molecule has 0 saturated carbocycles. The molecule has 0 aliphatic heterocycles. The fourth-order valence-corrected chi connectivity index (χ4v) is 2.11. The molecule has 5 nitrogen and oxygen atoms in total. The maximum Gasteiger partial charge on any atom is 0.225 e. The van der Waals surface area contributed by atoms with Gasteiger partial charge in [0, 0.05) is 24.6 Å². The van der Waals surface area contributed by atoms with Crippen LogP contribution in [0.2, 0.25) is 0 Å². The Morgan fingerprint density at radius 3 is 2.75 bits per heavy atom. The van der Waals surface area contributed by atoms with Crippen LogP contribution in [0.15, 0.2) is 24.3 Å². The van der Waals surface area contributed by atoms with Gasteiger partial charge in [0.15, 0.2) is 0 Å². The van der Waals surface area contributed by atoms with E-state index in [9.17, 15) is 4.79 Å². The summed E-state index contributed by atoms with van der Waals surface area (Å²) in [4.78, 5) is 14.0. The summed E-state index contributed by atoms with van der Waals surface area (Å²) in [6.07, 6.45) is 0.646. The Morgan fingerprint density at radius 1 is 1.45 bits per heavy atom. The summed E-state index contributed by atoms with van der Waals surface area (Å²) in [7, 11) is 1.61. The number of methoxy groups -OCH3 is 1. The van der Waals surface area contributed by atoms with Crippen LogP contribution in [0.25, 0.3) is 0 Å². The van der Waals surface area contributed by atoms with E-state index < -0.39 is 0 Å². The number of hydrogen-bond acceptors (Lipinski definition) is 4. The average molecular weight is 280 g/mol. The minimum absolute atomic E-state index is 0.00964. The van der Waals surface area contributed by atoms with E-state index in [1.807, 2.05) is 31.2 Å². The van der Waals surface area contributed by atoms with E-state index in [1.165, 1.54) is 0 Å². The number of ether oxygens (including phenoxy) is 1. The number of para-hydroxylation sites is 1. The van der Waals surface area contributed by atoms with Crippen molar-refractivity contribution in [2.45, 2.75) is 19.9 Å². The molecule has 20 heavy (non-hydrogen) atoms. The molecule has 1 atom stereocenters. The highest BCUT2D eigenvalue weighted by Crippen LogP contribution is 2.20. The summed E-state index contributed by atoms with van der Waals surface area (Å²) in [5.74, 6) is 0.617. The zero-order valence-corrected chi connectivity index (χ0v) is 12.2. The first-order valence-electron chi connectivity index (χ1n) is 6.85. The van der Waals surface area contributed by atoms with E-state index in [1.54, 1.807) is 12.0 Å². The van der Waals surface area contributed by atoms with E-state index in [0.717, 1.165) is 11.3 Å². The molecule has 1 rings (SSSR count). The zero-order valence-electron chi connectivity index (χ0n) is 12.2. The zero-order chi connectivity index (χ0) is 15.0. The molecule has 5 heteroatoms. The second-order valence-electron chi connectivity index (χ2n) is 4.77. The lowest BCUT2D eigenvalue weighted by Crippen LogP contribution is -2.37. The van der Waals surface area contributed by atoms with Crippen molar-refractivity contribution in [1.82, 2.24) is 4.90 Å². The summed E-state index contributed by atoms with van der Waals surface area (Å²) >= 11 is 0. The van der Waals surface area contributed by atoms with Gasteiger partial charge in [0.2, 0.25) is 5.91 Å². The van der Waals surface area contributed by atoms with Gasteiger partial charge >= 0.3 is 0 Å². The highest BCUT2D eigenvalue weighted by atomic mass is 16.5. The molecule has 0 spiro atoms. The van der Waals surface area contributed by atoms with Gasteiger partial charge in [0.05, 0.1) is 13.7 Å². The number of benzene rings is 1. The Hall–Kier alpha value is -1.59. The van der Waals surface area contributed by atoms with Gasteiger partial charge in [0.25, 0.3) is 0 Å². The molecule has 0 aromatic heterocycles. The first-order chi connectivity index (χ1) is 9.63. The average Bonchev–Trinajstić information content (AvgIpc) is 2.46. The van der Waals surface area contributed by atoms with Crippen LogP contribution >= 0.6 is 0 Å². The molecule has 0 bridgehead atoms. The van der Waals surface area contributed by atoms with Gasteiger partial charge in [0.1, 0.15) is 5.75 Å². The Balaban J connectivity index is 2.83. The molecule has 0 radical (unpaired) electrons. The molecule has 1 unspecified atom stereocenters. The van der Waals surface area contributed by atoms with E-state index >= 15 is 0 Å². The molecule has 112 valence electrons. The summed E-state index contributed by atoms with van der Waals surface area (Å²) in [5.41, 5.74) is 6.43. The third-order valence-electron chi connectivity index (χ3n) is 3.26. The molecule has 1 aromatic carbocycles. The molecule has 3 N–H and O–H groups in total. The smallest absolute Gasteiger partial charge is 0.225 e. The first kappa shape index (κ1) is 16.5. The van der Waals surface area contributed by atoms with Crippen LogP contribution < -0.4 is 10.5 Å². The predicted molar refractivity (Wildman–Crippen MR) is 78.3 cm³/mol. The van der Waals surface area contributed by atoms with E-state index in [0.29, 0.717) is 26.1 Å². The van der Waals surface area contributed by atoms with Crippen LogP contribution in [0.1, 0.15) is 18.9 Å². The third-order valence-corrected chi connectivity index (χ3v) is 3.26. The number of nitrogens with zero attached hydrogens (tertiary/aromatic N) is 1. The van der Waals surface area contributed by atoms with Crippen molar-refractivity contribution in [2.24, 2.45) is 11.7 Å². The molecule has 1 aromatic rings. The van der Waals surface area contributed by atoms with E-state index in [4.69, 9.17) is 15.6 Å². The van der Waals surface area contributed by atoms with E-state index in [2.05, 4.69) is 0 Å². The molecule has 0 saturated heterocycles. The van der Waals surface area contributed by atoms with Crippen LogP contribution in [0.3, 0.4) is 0 Å². The molecule has 0 aliphatic rings. The van der Waals surface area contributed by atoms with Crippen LogP contribution in [0, 0.1) is 5.92 Å². The largest absolute Gasteiger partial charge is 0.496 e. The lowest BCUT2D eigenvalue weighted by Gasteiger charge is -2.25. The molecule has 1 amide bonds. The van der Waals surface area contributed by atoms with Crippen molar-refractivity contribution in [2.75, 3.05) is 26.8 Å². The number of aliphatic hydroxyl groups excluding tert-OH is 1. The quantitative estimate of drug-likeness (QED) is 0.745. The number of carbonyl (C=O) groups excluding carboxylic acids is 1. The standard InChI is InChI=1S/C15H24N2O3/c1-12(7-8-16)15(19)17(9-10-18)11-13-5-3-4-6-14(13)20-2/h3-6,12,18H,7-11,16H2,1-2H3. The van der Waals surface area contributed by atoms with Crippen LogP contribution in [0.5, 0.6) is 5.75 Å². The number of carbonyl (C=O) groups is 1. The first-order valence-corrected chi connectivity index (χ1v) is 6.85. The van der Waals surface area contributed by atoms with Crippen molar-refractivity contribution in [3.05, 3.63) is 29.8 Å². The lowest BCUT2D eigenvalue weighted by atomic mass is 10.1. The van der Waals surface area contributed by atoms with Crippen molar-refractivity contribution in [3.63, 3.8) is 0 Å². The van der Waals surface area contributed by atoms with Crippen molar-refractivity contribution >= 4 is 5.91 Å². The van der Waals surface area contributed by atoms with Crippen molar-refractivity contribution < 1.29 is 14.6 Å². The van der Waals surface area contributed by atoms with Crippen LogP contribution in [-0.2, 0) is 11.3 Å². The fourth-order valence-electron chi connectivity index (χ4n) is 2.11. The number of nitrogens with two attached hydrogens (primary N) is 1. The predicted octanol–water partition coefficient (Wildman–Crippen LogP) is 1.00. The minimum Gasteiger partial charge on any atom is -0.496 e. The summed E-state index contributed by atoms with van der Waals surface area (Å²) in [6.45, 7) is 3.02. The summed E-state index contributed by atoms with van der Waals surface area (Å²) < 4.78 is 5.29. The second-order valence-corrected chi connectivity index (χ2v) is 4.77. The molecule has 0 heterocycles.